The molecule has 0 N–H and O–H groups in total. The Bertz CT molecular complexity index is 3320. The largest absolute Gasteiger partial charge is 0.456 e. The number of furan rings is 1. The molecular weight excluding hydrogens is 669 g/mol. The molecule has 53 heavy (non-hydrogen) atoms. The molecule has 0 unspecified atom stereocenters. The highest BCUT2D eigenvalue weighted by Gasteiger charge is 2.30. The number of para-hydroxylation sites is 1. The van der Waals surface area contributed by atoms with Crippen LogP contribution in [0.3, 0.4) is 0 Å². The maximum Gasteiger partial charge on any atom is 0.238 e. The highest BCUT2D eigenvalue weighted by atomic mass is 32.1. The van der Waals surface area contributed by atoms with Crippen molar-refractivity contribution in [3.8, 4) is 33.9 Å². The summed E-state index contributed by atoms with van der Waals surface area (Å²) in [6, 6.07) is 55.6. The lowest BCUT2D eigenvalue weighted by Crippen LogP contribution is -2.19. The molecule has 0 saturated carbocycles. The molecule has 0 bridgehead atoms. The first-order valence-electron chi connectivity index (χ1n) is 17.7. The SMILES string of the molecule is c1ccc2c3c(ccc2c1)-c1cccc2cccc(c12)N3c1nc(-c2ccc3c(c2)sc2ccccc23)nc(-c2ccc3oc4ccccc4c3c2)n1. The van der Waals surface area contributed by atoms with Crippen LogP contribution in [0.1, 0.15) is 0 Å². The van der Waals surface area contributed by atoms with E-state index in [4.69, 9.17) is 19.4 Å². The summed E-state index contributed by atoms with van der Waals surface area (Å²) >= 11 is 1.80. The van der Waals surface area contributed by atoms with Gasteiger partial charge in [-0.3, -0.25) is 4.90 Å². The Hall–Kier alpha value is -6.89. The van der Waals surface area contributed by atoms with Gasteiger partial charge in [-0.15, -0.1) is 11.3 Å². The van der Waals surface area contributed by atoms with Crippen LogP contribution >= 0.6 is 11.3 Å². The molecule has 0 atom stereocenters. The van der Waals surface area contributed by atoms with E-state index in [9.17, 15) is 0 Å². The smallest absolute Gasteiger partial charge is 0.238 e. The first-order valence-corrected chi connectivity index (χ1v) is 18.5. The monoisotopic (exact) mass is 694 g/mol. The van der Waals surface area contributed by atoms with Gasteiger partial charge in [0.1, 0.15) is 11.2 Å². The molecule has 6 heteroatoms. The summed E-state index contributed by atoms with van der Waals surface area (Å²) in [6.45, 7) is 0. The van der Waals surface area contributed by atoms with Crippen molar-refractivity contribution < 1.29 is 4.42 Å². The van der Waals surface area contributed by atoms with Crippen molar-refractivity contribution in [3.05, 3.63) is 158 Å². The molecule has 0 saturated heterocycles. The highest BCUT2D eigenvalue weighted by molar-refractivity contribution is 7.25. The maximum atomic E-state index is 6.21. The van der Waals surface area contributed by atoms with E-state index in [2.05, 4.69) is 138 Å². The third-order valence-electron chi connectivity index (χ3n) is 10.6. The van der Waals surface area contributed by atoms with E-state index in [1.54, 1.807) is 11.3 Å². The normalized spacial score (nSPS) is 12.5. The number of hydrogen-bond acceptors (Lipinski definition) is 6. The summed E-state index contributed by atoms with van der Waals surface area (Å²) in [4.78, 5) is 18.2. The Morgan fingerprint density at radius 2 is 1.15 bits per heavy atom. The maximum absolute atomic E-state index is 6.21. The van der Waals surface area contributed by atoms with Gasteiger partial charge in [0.15, 0.2) is 11.6 Å². The number of fused-ring (bicyclic) bond motifs is 10. The van der Waals surface area contributed by atoms with Crippen molar-refractivity contribution in [2.24, 2.45) is 0 Å². The van der Waals surface area contributed by atoms with Crippen molar-refractivity contribution in [2.45, 2.75) is 0 Å². The van der Waals surface area contributed by atoms with Crippen LogP contribution in [0.5, 0.6) is 0 Å². The molecule has 0 radical (unpaired) electrons. The number of benzene rings is 8. The van der Waals surface area contributed by atoms with Crippen LogP contribution in [0.4, 0.5) is 17.3 Å². The summed E-state index contributed by atoms with van der Waals surface area (Å²) in [6.07, 6.45) is 0. The fourth-order valence-corrected chi connectivity index (χ4v) is 9.37. The molecule has 0 aliphatic carbocycles. The van der Waals surface area contributed by atoms with E-state index < -0.39 is 0 Å². The average Bonchev–Trinajstić information content (AvgIpc) is 3.78. The Balaban J connectivity index is 1.16. The zero-order valence-electron chi connectivity index (χ0n) is 28.1. The van der Waals surface area contributed by atoms with Crippen LogP contribution in [-0.2, 0) is 0 Å². The molecule has 12 rings (SSSR count). The molecule has 1 aliphatic rings. The van der Waals surface area contributed by atoms with Gasteiger partial charge in [0.05, 0.1) is 11.4 Å². The minimum Gasteiger partial charge on any atom is -0.456 e. The molecule has 11 aromatic rings. The molecular formula is C47H26N4OS. The van der Waals surface area contributed by atoms with E-state index in [-0.39, 0.29) is 0 Å². The molecule has 3 aromatic heterocycles. The molecule has 1 aliphatic heterocycles. The number of nitrogens with zero attached hydrogens (tertiary/aromatic N) is 4. The van der Waals surface area contributed by atoms with Crippen molar-refractivity contribution in [3.63, 3.8) is 0 Å². The molecule has 4 heterocycles. The molecule has 0 amide bonds. The van der Waals surface area contributed by atoms with Crippen LogP contribution in [0.25, 0.3) is 97.6 Å². The van der Waals surface area contributed by atoms with Gasteiger partial charge >= 0.3 is 0 Å². The third-order valence-corrected chi connectivity index (χ3v) is 11.8. The number of aromatic nitrogens is 3. The quantitative estimate of drug-likeness (QED) is 0.184. The number of thiophene rings is 1. The molecule has 5 nitrogen and oxygen atoms in total. The van der Waals surface area contributed by atoms with Gasteiger partial charge in [0.25, 0.3) is 0 Å². The number of hydrogen-bond donors (Lipinski definition) is 0. The zero-order chi connectivity index (χ0) is 34.6. The first kappa shape index (κ1) is 28.8. The first-order chi connectivity index (χ1) is 26.2. The predicted octanol–water partition coefficient (Wildman–Crippen LogP) is 13.2. The second-order valence-corrected chi connectivity index (χ2v) is 14.7. The molecule has 246 valence electrons. The highest BCUT2D eigenvalue weighted by Crippen LogP contribution is 2.53. The fraction of sp³-hybridized carbons (Fsp3) is 0. The van der Waals surface area contributed by atoms with Gasteiger partial charge < -0.3 is 4.42 Å². The van der Waals surface area contributed by atoms with Gasteiger partial charge in [-0.05, 0) is 58.8 Å². The predicted molar refractivity (Wildman–Crippen MR) is 220 cm³/mol. The second kappa shape index (κ2) is 10.8. The summed E-state index contributed by atoms with van der Waals surface area (Å²) in [5, 5.41) is 9.24. The van der Waals surface area contributed by atoms with Crippen LogP contribution in [0.2, 0.25) is 0 Å². The van der Waals surface area contributed by atoms with E-state index >= 15 is 0 Å². The van der Waals surface area contributed by atoms with Gasteiger partial charge in [-0.1, -0.05) is 115 Å². The molecule has 0 spiro atoms. The summed E-state index contributed by atoms with van der Waals surface area (Å²) < 4.78 is 8.67. The standard InChI is InChI=1S/C47H26N4OS/c1-2-12-31-27(9-1)19-23-36-35-15-7-10-28-11-8-16-38(43(28)35)51(44(31)36)47-49-45(29-21-24-40-37(25-29)32-13-3-5-17-39(32)52-40)48-46(50-47)30-20-22-34-33-14-4-6-18-41(33)53-42(34)26-30/h1-26H. The second-order valence-electron chi connectivity index (χ2n) is 13.6. The molecule has 0 fully saturated rings. The Morgan fingerprint density at radius 3 is 2.06 bits per heavy atom. The van der Waals surface area contributed by atoms with Crippen molar-refractivity contribution in [1.82, 2.24) is 15.0 Å². The summed E-state index contributed by atoms with van der Waals surface area (Å²) in [7, 11) is 0. The molecule has 8 aromatic carbocycles. The van der Waals surface area contributed by atoms with E-state index in [1.165, 1.54) is 36.5 Å². The number of rotatable bonds is 3. The Kier molecular flexibility index (Phi) is 5.87. The van der Waals surface area contributed by atoms with Crippen LogP contribution < -0.4 is 4.90 Å². The van der Waals surface area contributed by atoms with Crippen LogP contribution in [0, 0.1) is 0 Å². The lowest BCUT2D eigenvalue weighted by Gasteiger charge is -2.33. The lowest BCUT2D eigenvalue weighted by molar-refractivity contribution is 0.669. The van der Waals surface area contributed by atoms with Crippen molar-refractivity contribution in [1.29, 1.82) is 0 Å². The van der Waals surface area contributed by atoms with E-state index in [1.807, 2.05) is 24.3 Å². The fourth-order valence-electron chi connectivity index (χ4n) is 8.23. The van der Waals surface area contributed by atoms with E-state index in [0.29, 0.717) is 17.6 Å². The van der Waals surface area contributed by atoms with Gasteiger partial charge in [-0.2, -0.15) is 9.97 Å². The third kappa shape index (κ3) is 4.21. The number of anilines is 3. The summed E-state index contributed by atoms with van der Waals surface area (Å²) in [5.74, 6) is 1.79. The van der Waals surface area contributed by atoms with Gasteiger partial charge in [0.2, 0.25) is 5.95 Å². The average molecular weight is 695 g/mol. The van der Waals surface area contributed by atoms with Crippen LogP contribution in [-0.4, -0.2) is 15.0 Å². The van der Waals surface area contributed by atoms with Gasteiger partial charge in [-0.25, -0.2) is 4.98 Å². The summed E-state index contributed by atoms with van der Waals surface area (Å²) in [5.41, 5.74) is 7.99. The zero-order valence-corrected chi connectivity index (χ0v) is 28.9. The van der Waals surface area contributed by atoms with Crippen LogP contribution in [0.15, 0.2) is 162 Å². The Labute approximate surface area is 307 Å². The van der Waals surface area contributed by atoms with Crippen molar-refractivity contribution >= 4 is 92.3 Å². The lowest BCUT2D eigenvalue weighted by atomic mass is 9.89. The Morgan fingerprint density at radius 1 is 0.453 bits per heavy atom. The van der Waals surface area contributed by atoms with Gasteiger partial charge in [0, 0.05) is 58.4 Å². The van der Waals surface area contributed by atoms with E-state index in [0.717, 1.165) is 60.8 Å². The minimum atomic E-state index is 0.568. The minimum absolute atomic E-state index is 0.568. The topological polar surface area (TPSA) is 55.1 Å². The van der Waals surface area contributed by atoms with Crippen molar-refractivity contribution in [2.75, 3.05) is 4.90 Å².